The van der Waals surface area contributed by atoms with Crippen LogP contribution < -0.4 is 11.0 Å². The Morgan fingerprint density at radius 3 is 2.66 bits per heavy atom. The van der Waals surface area contributed by atoms with Gasteiger partial charge in [-0.3, -0.25) is 9.36 Å². The summed E-state index contributed by atoms with van der Waals surface area (Å²) in [5, 5.41) is 7.81. The highest BCUT2D eigenvalue weighted by molar-refractivity contribution is 5.77. The fraction of sp³-hybridized carbons (Fsp3) is 0.593. The van der Waals surface area contributed by atoms with E-state index in [0.717, 1.165) is 61.3 Å². The zero-order valence-electron chi connectivity index (χ0n) is 21.0. The molecule has 0 unspecified atom stereocenters. The molecule has 0 saturated carbocycles. The molecular weight excluding hydrogens is 442 g/mol. The minimum Gasteiger partial charge on any atom is -0.361 e. The van der Waals surface area contributed by atoms with Gasteiger partial charge >= 0.3 is 5.69 Å². The Hall–Kier alpha value is -2.87. The number of hydrogen-bond acceptors (Lipinski definition) is 5. The molecule has 2 atom stereocenters. The van der Waals surface area contributed by atoms with Crippen LogP contribution in [-0.2, 0) is 16.6 Å². The summed E-state index contributed by atoms with van der Waals surface area (Å²) in [6.07, 6.45) is 4.01. The highest BCUT2D eigenvalue weighted by atomic mass is 16.5. The second kappa shape index (κ2) is 9.64. The van der Waals surface area contributed by atoms with Crippen molar-refractivity contribution in [3.63, 3.8) is 0 Å². The van der Waals surface area contributed by atoms with Crippen molar-refractivity contribution in [2.75, 3.05) is 26.2 Å². The summed E-state index contributed by atoms with van der Waals surface area (Å²) < 4.78 is 7.46. The predicted molar refractivity (Wildman–Crippen MR) is 135 cm³/mol. The number of carbonyl (C=O) groups excluding carboxylic acids is 1. The minimum absolute atomic E-state index is 0.0593. The molecule has 35 heavy (non-hydrogen) atoms. The van der Waals surface area contributed by atoms with Crippen LogP contribution in [-0.4, -0.2) is 51.7 Å². The number of aromatic amines is 1. The second-order valence-electron chi connectivity index (χ2n) is 11.3. The maximum Gasteiger partial charge on any atom is 0.326 e. The van der Waals surface area contributed by atoms with Gasteiger partial charge in [-0.05, 0) is 62.7 Å². The fourth-order valence-electron chi connectivity index (χ4n) is 5.68. The molecule has 8 nitrogen and oxygen atoms in total. The molecule has 2 N–H and O–H groups in total. The molecule has 1 aromatic carbocycles. The summed E-state index contributed by atoms with van der Waals surface area (Å²) in [5.41, 5.74) is 2.68. The van der Waals surface area contributed by atoms with Crippen LogP contribution >= 0.6 is 0 Å². The number of amides is 1. The summed E-state index contributed by atoms with van der Waals surface area (Å²) in [5.74, 6) is 1.85. The normalized spacial score (nSPS) is 22.1. The van der Waals surface area contributed by atoms with Crippen LogP contribution in [0.15, 0.2) is 39.6 Å². The Morgan fingerprint density at radius 2 is 1.91 bits per heavy atom. The third-order valence-electron chi connectivity index (χ3n) is 7.78. The van der Waals surface area contributed by atoms with Gasteiger partial charge in [-0.2, -0.15) is 0 Å². The number of nitrogens with one attached hydrogen (secondary N) is 2. The second-order valence-corrected chi connectivity index (χ2v) is 11.3. The van der Waals surface area contributed by atoms with Crippen molar-refractivity contribution in [3.8, 4) is 0 Å². The Morgan fingerprint density at radius 1 is 1.14 bits per heavy atom. The zero-order chi connectivity index (χ0) is 24.6. The van der Waals surface area contributed by atoms with Crippen molar-refractivity contribution < 1.29 is 9.32 Å². The molecule has 5 rings (SSSR count). The number of aromatic nitrogens is 3. The Balaban J connectivity index is 1.19. The van der Waals surface area contributed by atoms with Crippen molar-refractivity contribution in [1.82, 2.24) is 24.9 Å². The van der Waals surface area contributed by atoms with Crippen molar-refractivity contribution in [2.45, 2.75) is 64.3 Å². The monoisotopic (exact) mass is 479 g/mol. The van der Waals surface area contributed by atoms with Gasteiger partial charge in [-0.15, -0.1) is 0 Å². The van der Waals surface area contributed by atoms with Gasteiger partial charge in [0.2, 0.25) is 5.91 Å². The fourth-order valence-corrected chi connectivity index (χ4v) is 5.68. The maximum atomic E-state index is 13.3. The standard InChI is InChI=1S/C27H37N5O3/c1-27(2,3)24-16-20(30-35-24)14-19-17-28-11-8-18(19)15-25(33)31-12-9-21(10-13-31)32-23-7-5-4-6-22(23)29-26(32)34/h4-7,16,18-19,21,28H,8-15,17H2,1-3H3,(H,29,34)/t18-,19-/m0/s1. The van der Waals surface area contributed by atoms with Crippen LogP contribution in [0.4, 0.5) is 0 Å². The minimum atomic E-state index is -0.0601. The van der Waals surface area contributed by atoms with Gasteiger partial charge < -0.3 is 19.7 Å². The van der Waals surface area contributed by atoms with Gasteiger partial charge in [-0.1, -0.05) is 38.1 Å². The van der Waals surface area contributed by atoms with E-state index in [1.807, 2.05) is 33.7 Å². The average molecular weight is 480 g/mol. The van der Waals surface area contributed by atoms with E-state index < -0.39 is 0 Å². The van der Waals surface area contributed by atoms with Crippen LogP contribution in [0.2, 0.25) is 0 Å². The SMILES string of the molecule is CC(C)(C)c1cc(C[C@H]2CNCC[C@H]2CC(=O)N2CCC(n3c(=O)[nH]c4ccccc43)CC2)no1. The van der Waals surface area contributed by atoms with Crippen molar-refractivity contribution in [2.24, 2.45) is 11.8 Å². The van der Waals surface area contributed by atoms with E-state index in [2.05, 4.69) is 42.3 Å². The number of benzene rings is 1. The zero-order valence-corrected chi connectivity index (χ0v) is 21.0. The lowest BCUT2D eigenvalue weighted by atomic mass is 9.80. The number of rotatable bonds is 5. The molecule has 2 aromatic heterocycles. The summed E-state index contributed by atoms with van der Waals surface area (Å²) in [6, 6.07) is 10.0. The first-order chi connectivity index (χ1) is 16.8. The van der Waals surface area contributed by atoms with Gasteiger partial charge in [-0.25, -0.2) is 4.79 Å². The predicted octanol–water partition coefficient (Wildman–Crippen LogP) is 3.64. The van der Waals surface area contributed by atoms with Crippen molar-refractivity contribution in [3.05, 3.63) is 52.3 Å². The lowest BCUT2D eigenvalue weighted by Crippen LogP contribution is -2.44. The van der Waals surface area contributed by atoms with Gasteiger partial charge in [0.15, 0.2) is 0 Å². The number of para-hydroxylation sites is 2. The smallest absolute Gasteiger partial charge is 0.326 e. The molecule has 0 spiro atoms. The molecule has 0 radical (unpaired) electrons. The number of H-pyrrole nitrogens is 1. The van der Waals surface area contributed by atoms with Crippen molar-refractivity contribution in [1.29, 1.82) is 0 Å². The molecule has 3 aromatic rings. The van der Waals surface area contributed by atoms with E-state index >= 15 is 0 Å². The van der Waals surface area contributed by atoms with E-state index in [1.54, 1.807) is 0 Å². The number of hydrogen-bond donors (Lipinski definition) is 2. The summed E-state index contributed by atoms with van der Waals surface area (Å²) in [6.45, 7) is 9.62. The van der Waals surface area contributed by atoms with Gasteiger partial charge in [0.25, 0.3) is 0 Å². The topological polar surface area (TPSA) is 96.2 Å². The third kappa shape index (κ3) is 5.08. The Bertz CT molecular complexity index is 1230. The van der Waals surface area contributed by atoms with Gasteiger partial charge in [0, 0.05) is 37.0 Å². The lowest BCUT2D eigenvalue weighted by molar-refractivity contribution is -0.134. The lowest BCUT2D eigenvalue weighted by Gasteiger charge is -2.36. The summed E-state index contributed by atoms with van der Waals surface area (Å²) in [7, 11) is 0. The van der Waals surface area contributed by atoms with Crippen LogP contribution in [0.5, 0.6) is 0 Å². The number of piperidine rings is 2. The summed E-state index contributed by atoms with van der Waals surface area (Å²) in [4.78, 5) is 30.8. The van der Waals surface area contributed by atoms with Crippen LogP contribution in [0.3, 0.4) is 0 Å². The quantitative estimate of drug-likeness (QED) is 0.583. The number of fused-ring (bicyclic) bond motifs is 1. The molecule has 2 fully saturated rings. The van der Waals surface area contributed by atoms with E-state index in [9.17, 15) is 9.59 Å². The van der Waals surface area contributed by atoms with Crippen LogP contribution in [0.25, 0.3) is 11.0 Å². The van der Waals surface area contributed by atoms with Crippen molar-refractivity contribution >= 4 is 16.9 Å². The summed E-state index contributed by atoms with van der Waals surface area (Å²) >= 11 is 0. The van der Waals surface area contributed by atoms with E-state index in [0.29, 0.717) is 31.3 Å². The van der Waals surface area contributed by atoms with E-state index in [1.165, 1.54) is 0 Å². The molecule has 1 amide bonds. The molecule has 2 aliphatic rings. The van der Waals surface area contributed by atoms with Crippen LogP contribution in [0, 0.1) is 11.8 Å². The first-order valence-corrected chi connectivity index (χ1v) is 12.9. The number of imidazole rings is 1. The first kappa shape index (κ1) is 23.9. The van der Waals surface area contributed by atoms with Crippen LogP contribution in [0.1, 0.15) is 64.0 Å². The molecule has 0 bridgehead atoms. The molecule has 188 valence electrons. The Kier molecular flexibility index (Phi) is 6.57. The molecule has 2 saturated heterocycles. The van der Waals surface area contributed by atoms with Gasteiger partial charge in [0.05, 0.1) is 16.7 Å². The number of likely N-dealkylation sites (tertiary alicyclic amines) is 1. The number of carbonyl (C=O) groups is 1. The third-order valence-corrected chi connectivity index (χ3v) is 7.78. The van der Waals surface area contributed by atoms with E-state index in [4.69, 9.17) is 4.52 Å². The molecule has 4 heterocycles. The number of nitrogens with zero attached hydrogens (tertiary/aromatic N) is 3. The molecule has 8 heteroatoms. The molecule has 0 aliphatic carbocycles. The largest absolute Gasteiger partial charge is 0.361 e. The molecule has 2 aliphatic heterocycles. The molecular formula is C27H37N5O3. The van der Waals surface area contributed by atoms with E-state index in [-0.39, 0.29) is 23.1 Å². The Labute approximate surface area is 206 Å². The maximum absolute atomic E-state index is 13.3. The average Bonchev–Trinajstić information content (AvgIpc) is 3.44. The van der Waals surface area contributed by atoms with Gasteiger partial charge in [0.1, 0.15) is 5.76 Å². The first-order valence-electron chi connectivity index (χ1n) is 12.9. The highest BCUT2D eigenvalue weighted by Gasteiger charge is 2.32. The highest BCUT2D eigenvalue weighted by Crippen LogP contribution is 2.30.